The molecule has 5 heteroatoms. The van der Waals surface area contributed by atoms with Crippen molar-refractivity contribution in [2.24, 2.45) is 23.7 Å². The highest BCUT2D eigenvalue weighted by molar-refractivity contribution is 5.81. The van der Waals surface area contributed by atoms with Crippen LogP contribution < -0.4 is 0 Å². The smallest absolute Gasteiger partial charge is 0.330 e. The molecule has 0 amide bonds. The Labute approximate surface area is 137 Å². The highest BCUT2D eigenvalue weighted by Gasteiger charge is 2.61. The molecule has 5 aliphatic rings. The molecule has 5 rings (SSSR count). The van der Waals surface area contributed by atoms with E-state index in [0.29, 0.717) is 24.9 Å². The van der Waals surface area contributed by atoms with Crippen molar-refractivity contribution < 1.29 is 24.0 Å². The monoisotopic (exact) mass is 322 g/mol. The van der Waals surface area contributed by atoms with E-state index in [0.717, 1.165) is 11.8 Å². The highest BCUT2D eigenvalue weighted by Crippen LogP contribution is 2.60. The third kappa shape index (κ3) is 2.63. The van der Waals surface area contributed by atoms with E-state index in [1.807, 2.05) is 6.92 Å². The van der Waals surface area contributed by atoms with Crippen LogP contribution in [-0.4, -0.2) is 31.1 Å². The molecule has 128 valence electrons. The van der Waals surface area contributed by atoms with Gasteiger partial charge in [0, 0.05) is 24.3 Å². The van der Waals surface area contributed by atoms with Crippen LogP contribution in [0.25, 0.3) is 0 Å². The number of ether oxygens (including phenoxy) is 2. The SMILES string of the molecule is COC(=O)/C=C/C1(C)CCOC2(OO1)C1CC3CC(C1)CC2C3. The molecule has 1 spiro atoms. The summed E-state index contributed by atoms with van der Waals surface area (Å²) in [6.07, 6.45) is 9.97. The molecule has 1 atom stereocenters. The van der Waals surface area contributed by atoms with Crippen molar-refractivity contribution in [3.63, 3.8) is 0 Å². The second-order valence-corrected chi connectivity index (χ2v) is 7.96. The number of esters is 1. The van der Waals surface area contributed by atoms with Crippen molar-refractivity contribution >= 4 is 5.97 Å². The van der Waals surface area contributed by atoms with Crippen LogP contribution in [0.15, 0.2) is 12.2 Å². The molecule has 4 aliphatic carbocycles. The molecule has 0 N–H and O–H groups in total. The average molecular weight is 322 g/mol. The van der Waals surface area contributed by atoms with Crippen molar-refractivity contribution in [3.8, 4) is 0 Å². The molecule has 5 nitrogen and oxygen atoms in total. The lowest BCUT2D eigenvalue weighted by molar-refractivity contribution is -0.482. The second kappa shape index (κ2) is 5.57. The molecule has 4 bridgehead atoms. The molecule has 4 saturated carbocycles. The van der Waals surface area contributed by atoms with E-state index in [1.165, 1.54) is 45.3 Å². The molecule has 0 aromatic heterocycles. The third-order valence-electron chi connectivity index (χ3n) is 6.34. The standard InChI is InChI=1S/C18H26O5/c1-17(4-3-16(19)20-2)5-6-21-18(23-22-17)14-8-12-7-13(10-14)11-15(18)9-12/h3-4,12-15H,5-11H2,1-2H3/b4-3+. The van der Waals surface area contributed by atoms with Crippen molar-refractivity contribution in [1.29, 1.82) is 0 Å². The van der Waals surface area contributed by atoms with Crippen LogP contribution in [0.4, 0.5) is 0 Å². The maximum atomic E-state index is 11.3. The minimum atomic E-state index is -0.660. The highest BCUT2D eigenvalue weighted by atomic mass is 17.2. The van der Waals surface area contributed by atoms with Crippen molar-refractivity contribution in [2.75, 3.05) is 13.7 Å². The molecule has 23 heavy (non-hydrogen) atoms. The molecule has 0 aromatic rings. The maximum absolute atomic E-state index is 11.3. The van der Waals surface area contributed by atoms with Gasteiger partial charge >= 0.3 is 5.97 Å². The van der Waals surface area contributed by atoms with Crippen LogP contribution in [0.3, 0.4) is 0 Å². The van der Waals surface area contributed by atoms with E-state index in [1.54, 1.807) is 6.08 Å². The van der Waals surface area contributed by atoms with E-state index in [4.69, 9.17) is 14.5 Å². The van der Waals surface area contributed by atoms with Gasteiger partial charge in [0.05, 0.1) is 13.7 Å². The summed E-state index contributed by atoms with van der Waals surface area (Å²) in [4.78, 5) is 23.2. The molecule has 1 aliphatic heterocycles. The lowest BCUT2D eigenvalue weighted by atomic mass is 9.53. The Balaban J connectivity index is 1.51. The van der Waals surface area contributed by atoms with Gasteiger partial charge in [-0.05, 0) is 56.9 Å². The van der Waals surface area contributed by atoms with E-state index < -0.39 is 11.4 Å². The van der Waals surface area contributed by atoms with Crippen molar-refractivity contribution in [1.82, 2.24) is 0 Å². The Morgan fingerprint density at radius 2 is 1.74 bits per heavy atom. The molecule has 1 saturated heterocycles. The molecule has 0 radical (unpaired) electrons. The molecule has 1 unspecified atom stereocenters. The number of hydrogen-bond donors (Lipinski definition) is 0. The number of methoxy groups -OCH3 is 1. The second-order valence-electron chi connectivity index (χ2n) is 7.96. The summed E-state index contributed by atoms with van der Waals surface area (Å²) < 4.78 is 10.9. The van der Waals surface area contributed by atoms with Crippen LogP contribution in [0.2, 0.25) is 0 Å². The lowest BCUT2D eigenvalue weighted by Crippen LogP contribution is -2.60. The Morgan fingerprint density at radius 3 is 2.35 bits per heavy atom. The fraction of sp³-hybridized carbons (Fsp3) is 0.833. The van der Waals surface area contributed by atoms with Crippen LogP contribution in [0.1, 0.15) is 45.4 Å². The Morgan fingerprint density at radius 1 is 1.09 bits per heavy atom. The third-order valence-corrected chi connectivity index (χ3v) is 6.34. The van der Waals surface area contributed by atoms with Crippen LogP contribution in [0, 0.1) is 23.7 Å². The zero-order chi connectivity index (χ0) is 16.1. The number of carbonyl (C=O) groups is 1. The van der Waals surface area contributed by atoms with Gasteiger partial charge in [-0.3, -0.25) is 0 Å². The van der Waals surface area contributed by atoms with Crippen LogP contribution in [0.5, 0.6) is 0 Å². The lowest BCUT2D eigenvalue weighted by Gasteiger charge is -2.58. The largest absolute Gasteiger partial charge is 0.466 e. The molecular weight excluding hydrogens is 296 g/mol. The molecular formula is C18H26O5. The maximum Gasteiger partial charge on any atom is 0.330 e. The van der Waals surface area contributed by atoms with Gasteiger partial charge in [0.25, 0.3) is 0 Å². The molecule has 0 aromatic carbocycles. The summed E-state index contributed by atoms with van der Waals surface area (Å²) in [7, 11) is 1.37. The van der Waals surface area contributed by atoms with Gasteiger partial charge in [-0.2, -0.15) is 4.89 Å². The zero-order valence-electron chi connectivity index (χ0n) is 14.0. The molecule has 1 heterocycles. The summed E-state index contributed by atoms with van der Waals surface area (Å²) in [5.41, 5.74) is -0.660. The Bertz CT molecular complexity index is 486. The Hall–Kier alpha value is -0.910. The first kappa shape index (κ1) is 15.6. The van der Waals surface area contributed by atoms with Gasteiger partial charge in [0.2, 0.25) is 5.79 Å². The molecule has 5 fully saturated rings. The number of rotatable bonds is 2. The van der Waals surface area contributed by atoms with Crippen molar-refractivity contribution in [2.45, 2.75) is 56.8 Å². The topological polar surface area (TPSA) is 54.0 Å². The van der Waals surface area contributed by atoms with Gasteiger partial charge in [-0.25, -0.2) is 9.68 Å². The minimum Gasteiger partial charge on any atom is -0.466 e. The summed E-state index contributed by atoms with van der Waals surface area (Å²) in [6.45, 7) is 2.51. The van der Waals surface area contributed by atoms with E-state index in [-0.39, 0.29) is 5.97 Å². The van der Waals surface area contributed by atoms with E-state index in [2.05, 4.69) is 4.74 Å². The normalized spacial score (nSPS) is 48.8. The average Bonchev–Trinajstić information content (AvgIpc) is 2.71. The first-order valence-corrected chi connectivity index (χ1v) is 8.81. The quantitative estimate of drug-likeness (QED) is 0.444. The summed E-state index contributed by atoms with van der Waals surface area (Å²) >= 11 is 0. The fourth-order valence-corrected chi connectivity index (χ4v) is 5.28. The predicted molar refractivity (Wildman–Crippen MR) is 82.1 cm³/mol. The van der Waals surface area contributed by atoms with E-state index in [9.17, 15) is 4.79 Å². The zero-order valence-corrected chi connectivity index (χ0v) is 14.0. The van der Waals surface area contributed by atoms with Gasteiger partial charge < -0.3 is 9.47 Å². The van der Waals surface area contributed by atoms with Crippen molar-refractivity contribution in [3.05, 3.63) is 12.2 Å². The van der Waals surface area contributed by atoms with Crippen LogP contribution in [-0.2, 0) is 24.0 Å². The predicted octanol–water partition coefficient (Wildman–Crippen LogP) is 3.00. The minimum absolute atomic E-state index is 0.385. The van der Waals surface area contributed by atoms with Gasteiger partial charge in [-0.15, -0.1) is 0 Å². The number of carbonyl (C=O) groups excluding carboxylic acids is 1. The van der Waals surface area contributed by atoms with E-state index >= 15 is 0 Å². The number of hydrogen-bond acceptors (Lipinski definition) is 5. The summed E-state index contributed by atoms with van der Waals surface area (Å²) in [6, 6.07) is 0. The van der Waals surface area contributed by atoms with Gasteiger partial charge in [0.1, 0.15) is 5.60 Å². The summed E-state index contributed by atoms with van der Waals surface area (Å²) in [5, 5.41) is 0. The first-order chi connectivity index (χ1) is 11.0. The van der Waals surface area contributed by atoms with Gasteiger partial charge in [0.15, 0.2) is 0 Å². The van der Waals surface area contributed by atoms with Gasteiger partial charge in [-0.1, -0.05) is 0 Å². The summed E-state index contributed by atoms with van der Waals surface area (Å²) in [5.74, 6) is 1.65. The first-order valence-electron chi connectivity index (χ1n) is 8.81. The fourth-order valence-electron chi connectivity index (χ4n) is 5.28. The van der Waals surface area contributed by atoms with Crippen LogP contribution >= 0.6 is 0 Å². The Kier molecular flexibility index (Phi) is 3.78.